The van der Waals surface area contributed by atoms with Crippen molar-refractivity contribution < 1.29 is 4.79 Å². The Morgan fingerprint density at radius 3 is 2.71 bits per heavy atom. The smallest absolute Gasteiger partial charge is 0.266 e. The fraction of sp³-hybridized carbons (Fsp3) is 0.222. The number of anilines is 1. The highest BCUT2D eigenvalue weighted by Crippen LogP contribution is 2.36. The number of carbonyl (C=O) groups is 1. The Bertz CT molecular complexity index is 892. The van der Waals surface area contributed by atoms with Crippen LogP contribution in [0.5, 0.6) is 0 Å². The first-order chi connectivity index (χ1) is 11.6. The lowest BCUT2D eigenvalue weighted by molar-refractivity contribution is 0.102. The van der Waals surface area contributed by atoms with Crippen molar-refractivity contribution in [1.29, 1.82) is 0 Å². The van der Waals surface area contributed by atoms with Gasteiger partial charge in [0, 0.05) is 17.1 Å². The number of benzene rings is 1. The molecule has 0 saturated carbocycles. The topological polar surface area (TPSA) is 46.9 Å². The lowest BCUT2D eigenvalue weighted by atomic mass is 10.1. The number of hydrogen-bond donors (Lipinski definition) is 1. The maximum atomic E-state index is 12.5. The average Bonchev–Trinajstić information content (AvgIpc) is 3.24. The molecule has 1 aromatic carbocycles. The Morgan fingerprint density at radius 2 is 2.00 bits per heavy atom. The zero-order chi connectivity index (χ0) is 16.7. The highest BCUT2D eigenvalue weighted by molar-refractivity contribution is 7.98. The fourth-order valence-electron chi connectivity index (χ4n) is 2.98. The van der Waals surface area contributed by atoms with Crippen LogP contribution < -0.4 is 5.32 Å². The van der Waals surface area contributed by atoms with Crippen LogP contribution in [0.4, 0.5) is 5.82 Å². The molecule has 1 N–H and O–H groups in total. The summed E-state index contributed by atoms with van der Waals surface area (Å²) in [5.74, 6) is 2.52. The molecule has 1 aliphatic rings. The summed E-state index contributed by atoms with van der Waals surface area (Å²) in [4.78, 5) is 13.3. The van der Waals surface area contributed by atoms with Gasteiger partial charge < -0.3 is 5.32 Å². The van der Waals surface area contributed by atoms with Crippen LogP contribution in [0.1, 0.15) is 32.1 Å². The first-order valence-corrected chi connectivity index (χ1v) is 9.77. The molecule has 0 radical (unpaired) electrons. The molecule has 1 amide bonds. The van der Waals surface area contributed by atoms with Crippen molar-refractivity contribution >= 4 is 34.8 Å². The standard InChI is InChI=1S/C18H17N3OS2/c1-11-6-12(2)8-13(7-11)21-17(14-9-23-10-15(14)20-21)19-18(22)16-4-3-5-24-16/h3-8H,9-10H2,1-2H3,(H,19,22). The predicted molar refractivity (Wildman–Crippen MR) is 100 cm³/mol. The second-order valence-electron chi connectivity index (χ2n) is 5.96. The Hall–Kier alpha value is -2.05. The van der Waals surface area contributed by atoms with E-state index in [2.05, 4.69) is 37.4 Å². The van der Waals surface area contributed by atoms with E-state index >= 15 is 0 Å². The molecule has 4 nitrogen and oxygen atoms in total. The Balaban J connectivity index is 1.79. The number of aryl methyl sites for hydroxylation is 2. The van der Waals surface area contributed by atoms with Crippen LogP contribution in [0, 0.1) is 13.8 Å². The van der Waals surface area contributed by atoms with Crippen molar-refractivity contribution in [2.24, 2.45) is 0 Å². The van der Waals surface area contributed by atoms with Gasteiger partial charge in [-0.1, -0.05) is 12.1 Å². The molecule has 0 fully saturated rings. The quantitative estimate of drug-likeness (QED) is 0.750. The van der Waals surface area contributed by atoms with Crippen molar-refractivity contribution in [3.05, 3.63) is 63.0 Å². The largest absolute Gasteiger partial charge is 0.305 e. The molecule has 3 aromatic rings. The minimum atomic E-state index is -0.0739. The summed E-state index contributed by atoms with van der Waals surface area (Å²) >= 11 is 3.28. The molecule has 1 aliphatic heterocycles. The summed E-state index contributed by atoms with van der Waals surface area (Å²) in [7, 11) is 0. The number of thioether (sulfide) groups is 1. The number of amides is 1. The first-order valence-electron chi connectivity index (χ1n) is 7.74. The number of thiophene rings is 1. The van der Waals surface area contributed by atoms with E-state index in [-0.39, 0.29) is 5.91 Å². The third kappa shape index (κ3) is 2.76. The molecule has 24 heavy (non-hydrogen) atoms. The van der Waals surface area contributed by atoms with Crippen LogP contribution in [0.15, 0.2) is 35.7 Å². The second-order valence-corrected chi connectivity index (χ2v) is 7.89. The molecule has 0 unspecified atom stereocenters. The molecule has 2 aromatic heterocycles. The van der Waals surface area contributed by atoms with E-state index in [0.29, 0.717) is 4.88 Å². The van der Waals surface area contributed by atoms with E-state index in [1.807, 2.05) is 34.0 Å². The summed E-state index contributed by atoms with van der Waals surface area (Å²) in [5.41, 5.74) is 5.58. The maximum absolute atomic E-state index is 12.5. The van der Waals surface area contributed by atoms with Crippen LogP contribution in [0.2, 0.25) is 0 Å². The normalized spacial score (nSPS) is 13.1. The number of rotatable bonds is 3. The van der Waals surface area contributed by atoms with E-state index in [0.717, 1.165) is 34.3 Å². The number of nitrogens with zero attached hydrogens (tertiary/aromatic N) is 2. The SMILES string of the molecule is Cc1cc(C)cc(-n2nc3c(c2NC(=O)c2cccs2)CSC3)c1. The second kappa shape index (κ2) is 6.11. The predicted octanol–water partition coefficient (Wildman–Crippen LogP) is 4.55. The monoisotopic (exact) mass is 355 g/mol. The molecular weight excluding hydrogens is 338 g/mol. The maximum Gasteiger partial charge on any atom is 0.266 e. The van der Waals surface area contributed by atoms with Gasteiger partial charge in [-0.3, -0.25) is 4.79 Å². The Morgan fingerprint density at radius 1 is 1.21 bits per heavy atom. The minimum absolute atomic E-state index is 0.0739. The van der Waals surface area contributed by atoms with Gasteiger partial charge in [0.2, 0.25) is 0 Å². The van der Waals surface area contributed by atoms with Crippen molar-refractivity contribution in [2.75, 3.05) is 5.32 Å². The summed E-state index contributed by atoms with van der Waals surface area (Å²) in [5, 5.41) is 9.76. The van der Waals surface area contributed by atoms with Gasteiger partial charge in [-0.05, 0) is 48.6 Å². The fourth-order valence-corrected chi connectivity index (χ4v) is 4.63. The number of nitrogens with one attached hydrogen (secondary N) is 1. The van der Waals surface area contributed by atoms with Gasteiger partial charge in [0.1, 0.15) is 5.82 Å². The zero-order valence-corrected chi connectivity index (χ0v) is 15.1. The molecule has 0 atom stereocenters. The van der Waals surface area contributed by atoms with Gasteiger partial charge in [0.25, 0.3) is 5.91 Å². The van der Waals surface area contributed by atoms with Gasteiger partial charge in [0.15, 0.2) is 0 Å². The van der Waals surface area contributed by atoms with Crippen molar-refractivity contribution in [1.82, 2.24) is 9.78 Å². The summed E-state index contributed by atoms with van der Waals surface area (Å²) < 4.78 is 1.88. The lowest BCUT2D eigenvalue weighted by Crippen LogP contribution is -2.15. The molecule has 3 heterocycles. The minimum Gasteiger partial charge on any atom is -0.305 e. The molecule has 6 heteroatoms. The van der Waals surface area contributed by atoms with Gasteiger partial charge in [-0.2, -0.15) is 16.9 Å². The van der Waals surface area contributed by atoms with E-state index < -0.39 is 0 Å². The summed E-state index contributed by atoms with van der Waals surface area (Å²) in [6, 6.07) is 10.1. The van der Waals surface area contributed by atoms with Crippen molar-refractivity contribution in [3.8, 4) is 5.69 Å². The van der Waals surface area contributed by atoms with E-state index in [9.17, 15) is 4.79 Å². The van der Waals surface area contributed by atoms with E-state index in [4.69, 9.17) is 5.10 Å². The number of hydrogen-bond acceptors (Lipinski definition) is 4. The zero-order valence-electron chi connectivity index (χ0n) is 13.5. The van der Waals surface area contributed by atoms with Crippen LogP contribution in [0.25, 0.3) is 5.69 Å². The highest BCUT2D eigenvalue weighted by atomic mass is 32.2. The van der Waals surface area contributed by atoms with Gasteiger partial charge in [0.05, 0.1) is 16.3 Å². The van der Waals surface area contributed by atoms with Crippen molar-refractivity contribution in [2.45, 2.75) is 25.4 Å². The van der Waals surface area contributed by atoms with Gasteiger partial charge in [-0.25, -0.2) is 4.68 Å². The molecule has 122 valence electrons. The van der Waals surface area contributed by atoms with Crippen LogP contribution in [-0.2, 0) is 11.5 Å². The number of aromatic nitrogens is 2. The van der Waals surface area contributed by atoms with Crippen LogP contribution >= 0.6 is 23.1 Å². The summed E-state index contributed by atoms with van der Waals surface area (Å²) in [6.07, 6.45) is 0. The van der Waals surface area contributed by atoms with Gasteiger partial charge >= 0.3 is 0 Å². The van der Waals surface area contributed by atoms with E-state index in [1.165, 1.54) is 22.5 Å². The first kappa shape index (κ1) is 15.5. The van der Waals surface area contributed by atoms with Gasteiger partial charge in [-0.15, -0.1) is 11.3 Å². The lowest BCUT2D eigenvalue weighted by Gasteiger charge is -2.12. The molecule has 0 bridgehead atoms. The highest BCUT2D eigenvalue weighted by Gasteiger charge is 2.25. The molecule has 0 saturated heterocycles. The Labute approximate surface area is 148 Å². The van der Waals surface area contributed by atoms with E-state index in [1.54, 1.807) is 0 Å². The summed E-state index contributed by atoms with van der Waals surface area (Å²) in [6.45, 7) is 4.15. The average molecular weight is 355 g/mol. The third-order valence-corrected chi connectivity index (χ3v) is 5.82. The molecule has 0 aliphatic carbocycles. The molecular formula is C18H17N3OS2. The van der Waals surface area contributed by atoms with Crippen molar-refractivity contribution in [3.63, 3.8) is 0 Å². The number of fused-ring (bicyclic) bond motifs is 1. The third-order valence-electron chi connectivity index (χ3n) is 3.98. The number of carbonyl (C=O) groups excluding carboxylic acids is 1. The Kier molecular flexibility index (Phi) is 3.94. The van der Waals surface area contributed by atoms with Crippen LogP contribution in [-0.4, -0.2) is 15.7 Å². The molecule has 4 rings (SSSR count). The molecule has 0 spiro atoms. The van der Waals surface area contributed by atoms with Crippen LogP contribution in [0.3, 0.4) is 0 Å².